The molecule has 5 heteroatoms. The molecule has 0 heterocycles. The number of aliphatic hydroxyl groups is 2. The Morgan fingerprint density at radius 3 is 2.62 bits per heavy atom. The predicted molar refractivity (Wildman–Crippen MR) is 109 cm³/mol. The highest BCUT2D eigenvalue weighted by molar-refractivity contribution is 5.91. The molecular weight excluding hydrogens is 368 g/mol. The van der Waals surface area contributed by atoms with Crippen molar-refractivity contribution in [3.05, 3.63) is 11.6 Å². The topological polar surface area (TPSA) is 83.8 Å². The number of esters is 1. The molecule has 0 spiro atoms. The van der Waals surface area contributed by atoms with Crippen LogP contribution in [0.1, 0.15) is 72.6 Å². The number of ether oxygens (including phenoxy) is 1. The molecule has 3 saturated carbocycles. The summed E-state index contributed by atoms with van der Waals surface area (Å²) in [5.74, 6) is 0.301. The zero-order valence-electron chi connectivity index (χ0n) is 18.2. The van der Waals surface area contributed by atoms with Crippen LogP contribution in [0, 0.1) is 34.5 Å². The average Bonchev–Trinajstić information content (AvgIpc) is 2.88. The Morgan fingerprint density at radius 1 is 1.21 bits per heavy atom. The van der Waals surface area contributed by atoms with E-state index in [0.29, 0.717) is 11.8 Å². The Kier molecular flexibility index (Phi) is 5.02. The van der Waals surface area contributed by atoms with Gasteiger partial charge in [-0.2, -0.15) is 0 Å². The summed E-state index contributed by atoms with van der Waals surface area (Å²) < 4.78 is 4.98. The lowest BCUT2D eigenvalue weighted by Crippen LogP contribution is -2.59. The first-order valence-corrected chi connectivity index (χ1v) is 11.3. The van der Waals surface area contributed by atoms with Gasteiger partial charge in [0.05, 0.1) is 6.10 Å². The van der Waals surface area contributed by atoms with E-state index in [4.69, 9.17) is 4.74 Å². The van der Waals surface area contributed by atoms with Crippen LogP contribution in [0.25, 0.3) is 0 Å². The third-order valence-corrected chi connectivity index (χ3v) is 9.49. The zero-order chi connectivity index (χ0) is 21.2. The van der Waals surface area contributed by atoms with Gasteiger partial charge in [-0.25, -0.2) is 0 Å². The molecule has 4 aliphatic rings. The highest BCUT2D eigenvalue weighted by Crippen LogP contribution is 2.68. The third kappa shape index (κ3) is 2.87. The Bertz CT molecular complexity index is 744. The molecule has 0 aromatic heterocycles. The molecule has 0 aliphatic heterocycles. The fourth-order valence-corrected chi connectivity index (χ4v) is 7.85. The number of allylic oxidation sites excluding steroid dienone is 1. The monoisotopic (exact) mass is 404 g/mol. The molecular formula is C24H36O5. The van der Waals surface area contributed by atoms with Crippen molar-refractivity contribution in [1.82, 2.24) is 0 Å². The van der Waals surface area contributed by atoms with Crippen molar-refractivity contribution >= 4 is 11.8 Å². The minimum Gasteiger partial charge on any atom is -0.458 e. The van der Waals surface area contributed by atoms with Crippen molar-refractivity contribution in [3.63, 3.8) is 0 Å². The largest absolute Gasteiger partial charge is 0.458 e. The molecule has 0 radical (unpaired) electrons. The first kappa shape index (κ1) is 21.0. The van der Waals surface area contributed by atoms with Gasteiger partial charge in [0.25, 0.3) is 0 Å². The van der Waals surface area contributed by atoms with Gasteiger partial charge in [0, 0.05) is 12.3 Å². The second-order valence-electron chi connectivity index (χ2n) is 10.7. The molecule has 3 fully saturated rings. The summed E-state index contributed by atoms with van der Waals surface area (Å²) in [6, 6.07) is 0. The molecule has 0 amide bonds. The van der Waals surface area contributed by atoms with Crippen LogP contribution in [0.15, 0.2) is 11.6 Å². The quantitative estimate of drug-likeness (QED) is 0.556. The lowest BCUT2D eigenvalue weighted by atomic mass is 9.46. The summed E-state index contributed by atoms with van der Waals surface area (Å²) in [5.41, 5.74) is -0.366. The van der Waals surface area contributed by atoms with E-state index in [2.05, 4.69) is 19.9 Å². The van der Waals surface area contributed by atoms with Crippen LogP contribution < -0.4 is 0 Å². The van der Waals surface area contributed by atoms with Gasteiger partial charge in [-0.05, 0) is 74.0 Å². The van der Waals surface area contributed by atoms with E-state index in [9.17, 15) is 19.8 Å². The minimum atomic E-state index is -1.44. The summed E-state index contributed by atoms with van der Waals surface area (Å²) in [4.78, 5) is 24.3. The predicted octanol–water partition coefficient (Wildman–Crippen LogP) is 3.42. The van der Waals surface area contributed by atoms with Gasteiger partial charge in [0.2, 0.25) is 5.78 Å². The lowest BCUT2D eigenvalue weighted by molar-refractivity contribution is -0.173. The highest BCUT2D eigenvalue weighted by Gasteiger charge is 2.68. The van der Waals surface area contributed by atoms with Crippen molar-refractivity contribution in [3.8, 4) is 0 Å². The van der Waals surface area contributed by atoms with Gasteiger partial charge in [0.15, 0.2) is 6.61 Å². The van der Waals surface area contributed by atoms with Gasteiger partial charge in [-0.1, -0.05) is 32.4 Å². The summed E-state index contributed by atoms with van der Waals surface area (Å²) in [6.07, 6.45) is 8.45. The summed E-state index contributed by atoms with van der Waals surface area (Å²) in [6.45, 7) is 7.40. The molecule has 162 valence electrons. The first-order chi connectivity index (χ1) is 13.5. The maximum atomic E-state index is 13.1. The molecule has 4 rings (SSSR count). The number of hydrogen-bond acceptors (Lipinski definition) is 5. The lowest BCUT2D eigenvalue weighted by Gasteiger charge is -2.58. The number of Topliss-reactive ketones (excluding diaryl/α,β-unsaturated/α-hetero) is 1. The van der Waals surface area contributed by atoms with Gasteiger partial charge < -0.3 is 14.9 Å². The Labute approximate surface area is 173 Å². The summed E-state index contributed by atoms with van der Waals surface area (Å²) in [5, 5.41) is 21.9. The van der Waals surface area contributed by atoms with E-state index in [0.717, 1.165) is 44.9 Å². The number of fused-ring (bicyclic) bond motifs is 5. The molecule has 4 aliphatic carbocycles. The van der Waals surface area contributed by atoms with Crippen LogP contribution in [0.5, 0.6) is 0 Å². The normalized spacial score (nSPS) is 48.8. The molecule has 0 aromatic rings. The van der Waals surface area contributed by atoms with Crippen molar-refractivity contribution in [2.24, 2.45) is 34.5 Å². The molecule has 5 nitrogen and oxygen atoms in total. The standard InChI is InChI=1S/C24H36O5/c1-14-11-20-18-6-5-16-12-17(26)7-9-22(16,3)19(18)8-10-23(20,4)24(14,28)21(27)13-29-15(2)25/h5,14,17-20,26,28H,6-13H2,1-4H3/t14-,17?,18?,19?,20?,22+,23+,24+/m1/s1. The maximum Gasteiger partial charge on any atom is 0.303 e. The second kappa shape index (κ2) is 6.91. The SMILES string of the molecule is CC(=O)OCC(=O)[C@@]1(O)[C@H](C)CC2C3CC=C4CC(O)CC[C@]4(C)C3CC[C@@]21C. The maximum absolute atomic E-state index is 13.1. The third-order valence-electron chi connectivity index (χ3n) is 9.49. The minimum absolute atomic E-state index is 0.134. The van der Waals surface area contributed by atoms with Crippen LogP contribution in [-0.4, -0.2) is 40.3 Å². The van der Waals surface area contributed by atoms with Crippen molar-refractivity contribution in [1.29, 1.82) is 0 Å². The average molecular weight is 405 g/mol. The molecule has 4 unspecified atom stereocenters. The van der Waals surface area contributed by atoms with E-state index in [1.807, 2.05) is 6.92 Å². The molecule has 29 heavy (non-hydrogen) atoms. The van der Waals surface area contributed by atoms with Gasteiger partial charge in [0.1, 0.15) is 5.60 Å². The fraction of sp³-hybridized carbons (Fsp3) is 0.833. The van der Waals surface area contributed by atoms with E-state index in [-0.39, 0.29) is 35.7 Å². The smallest absolute Gasteiger partial charge is 0.303 e. The molecule has 2 N–H and O–H groups in total. The molecule has 0 aromatic carbocycles. The Balaban J connectivity index is 1.64. The summed E-state index contributed by atoms with van der Waals surface area (Å²) >= 11 is 0. The number of aliphatic hydroxyl groups excluding tert-OH is 1. The van der Waals surface area contributed by atoms with Crippen LogP contribution in [0.4, 0.5) is 0 Å². The van der Waals surface area contributed by atoms with E-state index in [1.165, 1.54) is 12.5 Å². The van der Waals surface area contributed by atoms with Gasteiger partial charge in [-0.15, -0.1) is 0 Å². The molecule has 8 atom stereocenters. The van der Waals surface area contributed by atoms with E-state index >= 15 is 0 Å². The number of hydrogen-bond donors (Lipinski definition) is 2. The van der Waals surface area contributed by atoms with Crippen molar-refractivity contribution < 1.29 is 24.5 Å². The van der Waals surface area contributed by atoms with Crippen LogP contribution >= 0.6 is 0 Å². The van der Waals surface area contributed by atoms with Crippen LogP contribution in [-0.2, 0) is 14.3 Å². The number of rotatable bonds is 3. The molecule has 0 bridgehead atoms. The highest BCUT2D eigenvalue weighted by atomic mass is 16.5. The van der Waals surface area contributed by atoms with Crippen LogP contribution in [0.2, 0.25) is 0 Å². The zero-order valence-corrected chi connectivity index (χ0v) is 18.2. The van der Waals surface area contributed by atoms with E-state index in [1.54, 1.807) is 0 Å². The molecule has 0 saturated heterocycles. The Morgan fingerprint density at radius 2 is 1.93 bits per heavy atom. The van der Waals surface area contributed by atoms with Crippen LogP contribution in [0.3, 0.4) is 0 Å². The van der Waals surface area contributed by atoms with Crippen molar-refractivity contribution in [2.45, 2.75) is 84.3 Å². The summed E-state index contributed by atoms with van der Waals surface area (Å²) in [7, 11) is 0. The van der Waals surface area contributed by atoms with Crippen molar-refractivity contribution in [2.75, 3.05) is 6.61 Å². The second-order valence-corrected chi connectivity index (χ2v) is 10.7. The van der Waals surface area contributed by atoms with Gasteiger partial charge in [-0.3, -0.25) is 9.59 Å². The fourth-order valence-electron chi connectivity index (χ4n) is 7.85. The van der Waals surface area contributed by atoms with Gasteiger partial charge >= 0.3 is 5.97 Å². The first-order valence-electron chi connectivity index (χ1n) is 11.3. The number of carbonyl (C=O) groups is 2. The van der Waals surface area contributed by atoms with E-state index < -0.39 is 17.0 Å². The Hall–Kier alpha value is -1.20. The number of carbonyl (C=O) groups excluding carboxylic acids is 2. The number of ketones is 1.